The number of nitro benzene ring substituents is 1. The summed E-state index contributed by atoms with van der Waals surface area (Å²) in [5, 5.41) is 20.8. The Morgan fingerprint density at radius 1 is 1.19 bits per heavy atom. The summed E-state index contributed by atoms with van der Waals surface area (Å²) < 4.78 is 1.98. The molecule has 1 aromatic heterocycles. The molecule has 0 aliphatic carbocycles. The average molecular weight is 277 g/mol. The number of rotatable bonds is 3. The van der Waals surface area contributed by atoms with Gasteiger partial charge < -0.3 is 4.57 Å². The highest BCUT2D eigenvalue weighted by molar-refractivity contribution is 5.86. The molecule has 0 saturated heterocycles. The first-order valence-corrected chi connectivity index (χ1v) is 6.40. The molecule has 0 spiro atoms. The Balaban J connectivity index is 2.01. The van der Waals surface area contributed by atoms with Crippen LogP contribution in [0.4, 0.5) is 5.69 Å². The molecule has 0 saturated carbocycles. The lowest BCUT2D eigenvalue weighted by atomic mass is 10.1. The van der Waals surface area contributed by atoms with Crippen LogP contribution in [-0.4, -0.2) is 9.49 Å². The zero-order valence-corrected chi connectivity index (χ0v) is 11.1. The van der Waals surface area contributed by atoms with Crippen molar-refractivity contribution in [3.63, 3.8) is 0 Å². The van der Waals surface area contributed by atoms with E-state index in [1.165, 1.54) is 6.07 Å². The Hall–Kier alpha value is -3.13. The molecule has 0 radical (unpaired) electrons. The molecule has 2 aromatic carbocycles. The van der Waals surface area contributed by atoms with Gasteiger partial charge in [-0.1, -0.05) is 18.2 Å². The summed E-state index contributed by atoms with van der Waals surface area (Å²) in [6, 6.07) is 16.2. The second kappa shape index (κ2) is 5.10. The highest BCUT2D eigenvalue weighted by Crippen LogP contribution is 2.21. The summed E-state index contributed by atoms with van der Waals surface area (Å²) in [7, 11) is 0. The Labute approximate surface area is 120 Å². The molecule has 5 heteroatoms. The van der Waals surface area contributed by atoms with Crippen LogP contribution in [0, 0.1) is 21.4 Å². The molecule has 0 N–H and O–H groups in total. The normalized spacial score (nSPS) is 10.4. The molecule has 0 aliphatic rings. The van der Waals surface area contributed by atoms with Gasteiger partial charge in [-0.2, -0.15) is 5.26 Å². The first-order chi connectivity index (χ1) is 10.2. The topological polar surface area (TPSA) is 71.9 Å². The van der Waals surface area contributed by atoms with Gasteiger partial charge in [-0.25, -0.2) is 0 Å². The largest absolute Gasteiger partial charge is 0.343 e. The molecular weight excluding hydrogens is 266 g/mol. The van der Waals surface area contributed by atoms with E-state index >= 15 is 0 Å². The summed E-state index contributed by atoms with van der Waals surface area (Å²) in [6.45, 7) is 0.528. The second-order valence-electron chi connectivity index (χ2n) is 4.72. The number of hydrogen-bond acceptors (Lipinski definition) is 3. The predicted octanol–water partition coefficient (Wildman–Crippen LogP) is 3.47. The summed E-state index contributed by atoms with van der Waals surface area (Å²) in [5.41, 5.74) is 2.51. The lowest BCUT2D eigenvalue weighted by Gasteiger charge is -2.06. The van der Waals surface area contributed by atoms with Crippen LogP contribution in [0.3, 0.4) is 0 Å². The molecule has 3 rings (SSSR count). The fraction of sp³-hybridized carbons (Fsp3) is 0.0625. The quantitative estimate of drug-likeness (QED) is 0.543. The van der Waals surface area contributed by atoms with Crippen LogP contribution in [0.15, 0.2) is 54.7 Å². The van der Waals surface area contributed by atoms with Gasteiger partial charge in [0.25, 0.3) is 5.69 Å². The molecule has 0 bridgehead atoms. The van der Waals surface area contributed by atoms with Crippen molar-refractivity contribution < 1.29 is 4.92 Å². The Kier molecular flexibility index (Phi) is 3.13. The van der Waals surface area contributed by atoms with Gasteiger partial charge >= 0.3 is 0 Å². The van der Waals surface area contributed by atoms with Crippen LogP contribution in [0.25, 0.3) is 10.9 Å². The number of nitriles is 1. The van der Waals surface area contributed by atoms with Crippen LogP contribution in [0.1, 0.15) is 11.1 Å². The molecule has 0 aliphatic heterocycles. The second-order valence-corrected chi connectivity index (χ2v) is 4.72. The summed E-state index contributed by atoms with van der Waals surface area (Å²) in [6.07, 6.45) is 1.89. The van der Waals surface area contributed by atoms with Gasteiger partial charge in [0.05, 0.1) is 16.6 Å². The van der Waals surface area contributed by atoms with Crippen LogP contribution in [0.5, 0.6) is 0 Å². The van der Waals surface area contributed by atoms with Crippen molar-refractivity contribution in [1.29, 1.82) is 5.26 Å². The summed E-state index contributed by atoms with van der Waals surface area (Å²) in [5.74, 6) is 0. The van der Waals surface area contributed by atoms with E-state index in [4.69, 9.17) is 5.26 Å². The van der Waals surface area contributed by atoms with E-state index in [9.17, 15) is 10.1 Å². The summed E-state index contributed by atoms with van der Waals surface area (Å²) >= 11 is 0. The maximum absolute atomic E-state index is 10.8. The van der Waals surface area contributed by atoms with Gasteiger partial charge in [0.2, 0.25) is 0 Å². The predicted molar refractivity (Wildman–Crippen MR) is 78.9 cm³/mol. The summed E-state index contributed by atoms with van der Waals surface area (Å²) in [4.78, 5) is 10.4. The first kappa shape index (κ1) is 12.9. The number of nitro groups is 1. The van der Waals surface area contributed by atoms with Gasteiger partial charge in [-0.05, 0) is 23.8 Å². The molecule has 0 atom stereocenters. The van der Waals surface area contributed by atoms with Crippen LogP contribution >= 0.6 is 0 Å². The molecule has 0 fully saturated rings. The highest BCUT2D eigenvalue weighted by Gasteiger charge is 2.08. The third-order valence-electron chi connectivity index (χ3n) is 3.41. The van der Waals surface area contributed by atoms with Crippen molar-refractivity contribution >= 4 is 16.6 Å². The van der Waals surface area contributed by atoms with Gasteiger partial charge in [-0.3, -0.25) is 10.1 Å². The fourth-order valence-electron chi connectivity index (χ4n) is 2.42. The van der Waals surface area contributed by atoms with E-state index < -0.39 is 4.92 Å². The van der Waals surface area contributed by atoms with Crippen LogP contribution in [0.2, 0.25) is 0 Å². The SMILES string of the molecule is N#Cc1cccc2c1ccn2Cc1cccc([N+](=O)[O-])c1. The maximum Gasteiger partial charge on any atom is 0.269 e. The fourth-order valence-corrected chi connectivity index (χ4v) is 2.42. The standard InChI is InChI=1S/C16H11N3O2/c17-10-13-4-2-6-16-15(13)7-8-18(16)11-12-3-1-5-14(9-12)19(20)21/h1-9H,11H2. The van der Waals surface area contributed by atoms with Crippen molar-refractivity contribution in [2.24, 2.45) is 0 Å². The smallest absolute Gasteiger partial charge is 0.269 e. The van der Waals surface area contributed by atoms with E-state index in [2.05, 4.69) is 6.07 Å². The minimum atomic E-state index is -0.398. The Morgan fingerprint density at radius 3 is 2.76 bits per heavy atom. The average Bonchev–Trinajstić information content (AvgIpc) is 2.90. The minimum absolute atomic E-state index is 0.0849. The van der Waals surface area contributed by atoms with Crippen molar-refractivity contribution in [1.82, 2.24) is 4.57 Å². The number of fused-ring (bicyclic) bond motifs is 1. The van der Waals surface area contributed by atoms with E-state index in [1.807, 2.05) is 35.0 Å². The van der Waals surface area contributed by atoms with E-state index in [0.717, 1.165) is 16.5 Å². The number of nitrogens with zero attached hydrogens (tertiary/aromatic N) is 3. The number of aromatic nitrogens is 1. The molecular formula is C16H11N3O2. The zero-order chi connectivity index (χ0) is 14.8. The molecule has 5 nitrogen and oxygen atoms in total. The van der Waals surface area contributed by atoms with Gasteiger partial charge in [0, 0.05) is 35.8 Å². The van der Waals surface area contributed by atoms with Crippen LogP contribution in [-0.2, 0) is 6.54 Å². The van der Waals surface area contributed by atoms with Crippen molar-refractivity contribution in [2.75, 3.05) is 0 Å². The van der Waals surface area contributed by atoms with E-state index in [1.54, 1.807) is 18.2 Å². The Bertz CT molecular complexity index is 875. The van der Waals surface area contributed by atoms with E-state index in [-0.39, 0.29) is 5.69 Å². The number of hydrogen-bond donors (Lipinski definition) is 0. The molecule has 102 valence electrons. The highest BCUT2D eigenvalue weighted by atomic mass is 16.6. The molecule has 0 amide bonds. The monoisotopic (exact) mass is 277 g/mol. The van der Waals surface area contributed by atoms with Crippen molar-refractivity contribution in [3.8, 4) is 6.07 Å². The maximum atomic E-state index is 10.8. The number of benzene rings is 2. The molecule has 21 heavy (non-hydrogen) atoms. The molecule has 1 heterocycles. The number of non-ortho nitro benzene ring substituents is 1. The van der Waals surface area contributed by atoms with Gasteiger partial charge in [0.15, 0.2) is 0 Å². The van der Waals surface area contributed by atoms with Crippen molar-refractivity contribution in [3.05, 3.63) is 76.0 Å². The molecule has 0 unspecified atom stereocenters. The lowest BCUT2D eigenvalue weighted by molar-refractivity contribution is -0.384. The van der Waals surface area contributed by atoms with Crippen LogP contribution < -0.4 is 0 Å². The van der Waals surface area contributed by atoms with Crippen molar-refractivity contribution in [2.45, 2.75) is 6.54 Å². The minimum Gasteiger partial charge on any atom is -0.343 e. The first-order valence-electron chi connectivity index (χ1n) is 6.40. The Morgan fingerprint density at radius 2 is 2.00 bits per heavy atom. The van der Waals surface area contributed by atoms with E-state index in [0.29, 0.717) is 12.1 Å². The third kappa shape index (κ3) is 2.35. The lowest BCUT2D eigenvalue weighted by Crippen LogP contribution is -1.99. The third-order valence-corrected chi connectivity index (χ3v) is 3.41. The van der Waals surface area contributed by atoms with Gasteiger partial charge in [0.1, 0.15) is 0 Å². The molecule has 3 aromatic rings. The zero-order valence-electron chi connectivity index (χ0n) is 11.1. The van der Waals surface area contributed by atoms with Gasteiger partial charge in [-0.15, -0.1) is 0 Å².